The number of urea groups is 1. The Hall–Kier alpha value is -3.40. The SMILES string of the molecule is O=C(NCc1ccccc1-c1ccc([C@H]2O[C@@H](Cn3cnc(Cl)c3Cl)C[C@@H](c3ccc(CO)cc3)O2)cc1)NC12CC3CC(CC(C3)C1)C2. The molecule has 0 radical (unpaired) electrons. The third-order valence-electron chi connectivity index (χ3n) is 11.1. The highest BCUT2D eigenvalue weighted by molar-refractivity contribution is 6.40. The Morgan fingerprint density at radius 3 is 2.20 bits per heavy atom. The number of carbonyl (C=O) groups is 1. The summed E-state index contributed by atoms with van der Waals surface area (Å²) in [5.74, 6) is 2.34. The van der Waals surface area contributed by atoms with Crippen LogP contribution in [0.1, 0.15) is 79.6 Å². The summed E-state index contributed by atoms with van der Waals surface area (Å²) in [7, 11) is 0. The van der Waals surface area contributed by atoms with E-state index in [1.54, 1.807) is 10.9 Å². The minimum absolute atomic E-state index is 0.0133. The van der Waals surface area contributed by atoms with E-state index >= 15 is 0 Å². The maximum Gasteiger partial charge on any atom is 0.315 e. The van der Waals surface area contributed by atoms with Gasteiger partial charge in [-0.25, -0.2) is 9.78 Å². The number of halogens is 2. The first-order valence-electron chi connectivity index (χ1n) is 17.4. The average Bonchev–Trinajstić information content (AvgIpc) is 3.42. The molecule has 3 atom stereocenters. The maximum absolute atomic E-state index is 13.2. The number of amides is 2. The van der Waals surface area contributed by atoms with Crippen LogP contribution in [0.3, 0.4) is 0 Å². The van der Waals surface area contributed by atoms with Gasteiger partial charge < -0.3 is 29.8 Å². The molecule has 5 aliphatic rings. The second-order valence-corrected chi connectivity index (χ2v) is 15.3. The Morgan fingerprint density at radius 2 is 1.55 bits per heavy atom. The molecule has 4 saturated carbocycles. The molecule has 8 nitrogen and oxygen atoms in total. The molecule has 1 aromatic heterocycles. The highest BCUT2D eigenvalue weighted by Gasteiger charge is 2.51. The standard InChI is InChI=1S/C39H42Cl2N4O4/c40-35-36(41)45(23-43-35)21-32-16-34(29-7-5-24(22-46)6-8-29)49-37(48-32)30-11-9-28(10-12-30)33-4-2-1-3-31(33)20-42-38(47)44-39-17-25-13-26(18-39)15-27(14-25)19-39/h1-12,23,25-27,32,34,37,46H,13-22H2,(H2,42,44,47)/t25?,26?,27?,32-,34+,37+,39?/m1/s1. The summed E-state index contributed by atoms with van der Waals surface area (Å²) >= 11 is 12.5. The van der Waals surface area contributed by atoms with Crippen LogP contribution >= 0.6 is 23.2 Å². The van der Waals surface area contributed by atoms with Crippen molar-refractivity contribution in [1.29, 1.82) is 0 Å². The van der Waals surface area contributed by atoms with Crippen molar-refractivity contribution in [3.8, 4) is 11.1 Å². The van der Waals surface area contributed by atoms with Gasteiger partial charge in [-0.3, -0.25) is 0 Å². The molecule has 3 N–H and O–H groups in total. The number of nitrogens with one attached hydrogen (secondary N) is 2. The van der Waals surface area contributed by atoms with Crippen LogP contribution in [0.25, 0.3) is 11.1 Å². The predicted octanol–water partition coefficient (Wildman–Crippen LogP) is 8.36. The van der Waals surface area contributed by atoms with Gasteiger partial charge in [-0.15, -0.1) is 0 Å². The number of aliphatic hydroxyl groups excluding tert-OH is 1. The molecule has 256 valence electrons. The molecular weight excluding hydrogens is 659 g/mol. The molecule has 0 spiro atoms. The van der Waals surface area contributed by atoms with Gasteiger partial charge in [0.1, 0.15) is 5.15 Å². The van der Waals surface area contributed by atoms with E-state index in [1.165, 1.54) is 19.3 Å². The normalized spacial score (nSPS) is 28.8. The van der Waals surface area contributed by atoms with Crippen LogP contribution in [0.15, 0.2) is 79.1 Å². The lowest BCUT2D eigenvalue weighted by atomic mass is 9.53. The van der Waals surface area contributed by atoms with E-state index in [9.17, 15) is 9.90 Å². The quantitative estimate of drug-likeness (QED) is 0.163. The van der Waals surface area contributed by atoms with E-state index < -0.39 is 6.29 Å². The Balaban J connectivity index is 0.964. The van der Waals surface area contributed by atoms with Crippen LogP contribution < -0.4 is 10.6 Å². The third-order valence-corrected chi connectivity index (χ3v) is 11.9. The molecule has 4 bridgehead atoms. The summed E-state index contributed by atoms with van der Waals surface area (Å²) in [6.45, 7) is 0.906. The summed E-state index contributed by atoms with van der Waals surface area (Å²) in [6.07, 6.45) is 8.61. The number of aliphatic hydroxyl groups is 1. The van der Waals surface area contributed by atoms with Crippen molar-refractivity contribution in [2.75, 3.05) is 0 Å². The van der Waals surface area contributed by atoms with Crippen molar-refractivity contribution < 1.29 is 19.4 Å². The van der Waals surface area contributed by atoms with E-state index in [2.05, 4.69) is 39.9 Å². The van der Waals surface area contributed by atoms with Gasteiger partial charge >= 0.3 is 6.03 Å². The molecule has 0 unspecified atom stereocenters. The molecule has 9 rings (SSSR count). The summed E-state index contributed by atoms with van der Waals surface area (Å²) in [5.41, 5.74) is 5.91. The lowest BCUT2D eigenvalue weighted by Crippen LogP contribution is -2.61. The zero-order valence-corrected chi connectivity index (χ0v) is 28.9. The smallest absolute Gasteiger partial charge is 0.315 e. The van der Waals surface area contributed by atoms with Gasteiger partial charge in [-0.2, -0.15) is 0 Å². The van der Waals surface area contributed by atoms with Gasteiger partial charge in [0.25, 0.3) is 0 Å². The molecule has 49 heavy (non-hydrogen) atoms. The summed E-state index contributed by atoms with van der Waals surface area (Å²) < 4.78 is 14.8. The van der Waals surface area contributed by atoms with Crippen molar-refractivity contribution >= 4 is 29.2 Å². The molecule has 1 aliphatic heterocycles. The van der Waals surface area contributed by atoms with Crippen molar-refractivity contribution in [3.05, 3.63) is 112 Å². The second kappa shape index (κ2) is 13.7. The summed E-state index contributed by atoms with van der Waals surface area (Å²) in [4.78, 5) is 17.3. The number of hydrogen-bond acceptors (Lipinski definition) is 5. The Morgan fingerprint density at radius 1 is 0.878 bits per heavy atom. The number of rotatable bonds is 9. The minimum Gasteiger partial charge on any atom is -0.392 e. The Bertz CT molecular complexity index is 1760. The molecule has 4 aromatic rings. The van der Waals surface area contributed by atoms with Crippen molar-refractivity contribution in [1.82, 2.24) is 20.2 Å². The summed E-state index contributed by atoms with van der Waals surface area (Å²) in [6, 6.07) is 24.2. The Labute approximate surface area is 297 Å². The highest BCUT2D eigenvalue weighted by atomic mass is 35.5. The fourth-order valence-electron chi connectivity index (χ4n) is 9.22. The topological polar surface area (TPSA) is 97.6 Å². The first-order chi connectivity index (χ1) is 23.8. The zero-order chi connectivity index (χ0) is 33.5. The van der Waals surface area contributed by atoms with Gasteiger partial charge in [0.2, 0.25) is 0 Å². The molecule has 1 saturated heterocycles. The zero-order valence-electron chi connectivity index (χ0n) is 27.4. The predicted molar refractivity (Wildman–Crippen MR) is 189 cm³/mol. The first-order valence-corrected chi connectivity index (χ1v) is 18.2. The number of benzene rings is 3. The maximum atomic E-state index is 13.2. The largest absolute Gasteiger partial charge is 0.392 e. The van der Waals surface area contributed by atoms with Crippen LogP contribution in [0.2, 0.25) is 10.3 Å². The van der Waals surface area contributed by atoms with Crippen molar-refractivity contribution in [2.24, 2.45) is 17.8 Å². The van der Waals surface area contributed by atoms with E-state index in [0.29, 0.717) is 24.7 Å². The van der Waals surface area contributed by atoms with Crippen LogP contribution in [-0.4, -0.2) is 32.3 Å². The van der Waals surface area contributed by atoms with Gasteiger partial charge in [-0.05, 0) is 84.1 Å². The molecule has 5 fully saturated rings. The van der Waals surface area contributed by atoms with Crippen LogP contribution in [-0.2, 0) is 29.2 Å². The van der Waals surface area contributed by atoms with Gasteiger partial charge in [0.05, 0.1) is 31.7 Å². The number of imidazole rings is 1. The van der Waals surface area contributed by atoms with Crippen LogP contribution in [0, 0.1) is 17.8 Å². The van der Waals surface area contributed by atoms with E-state index in [4.69, 9.17) is 32.7 Å². The molecule has 2 heterocycles. The van der Waals surface area contributed by atoms with E-state index in [1.807, 2.05) is 48.5 Å². The number of aromatic nitrogens is 2. The number of hydrogen-bond donors (Lipinski definition) is 3. The minimum atomic E-state index is -0.613. The third kappa shape index (κ3) is 6.99. The number of carbonyl (C=O) groups excluding carboxylic acids is 1. The monoisotopic (exact) mass is 700 g/mol. The molecular formula is C39H42Cl2N4O4. The average molecular weight is 702 g/mol. The first kappa shape index (κ1) is 32.8. The number of nitrogens with zero attached hydrogens (tertiary/aromatic N) is 2. The van der Waals surface area contributed by atoms with Crippen molar-refractivity contribution in [3.63, 3.8) is 0 Å². The highest BCUT2D eigenvalue weighted by Crippen LogP contribution is 2.55. The number of ether oxygens (including phenoxy) is 2. The van der Waals surface area contributed by atoms with Crippen LogP contribution in [0.5, 0.6) is 0 Å². The lowest BCUT2D eigenvalue weighted by molar-refractivity contribution is -0.252. The molecule has 4 aliphatic carbocycles. The van der Waals surface area contributed by atoms with Crippen LogP contribution in [0.4, 0.5) is 4.79 Å². The van der Waals surface area contributed by atoms with Gasteiger partial charge in [0, 0.05) is 24.1 Å². The van der Waals surface area contributed by atoms with Gasteiger partial charge in [-0.1, -0.05) is 96.0 Å². The van der Waals surface area contributed by atoms with E-state index in [0.717, 1.165) is 70.4 Å². The molecule has 3 aromatic carbocycles. The van der Waals surface area contributed by atoms with Gasteiger partial charge in [0.15, 0.2) is 11.4 Å². The lowest BCUT2D eigenvalue weighted by Gasteiger charge is -2.56. The van der Waals surface area contributed by atoms with E-state index in [-0.39, 0.29) is 35.5 Å². The Kier molecular flexibility index (Phi) is 9.18. The summed E-state index contributed by atoms with van der Waals surface area (Å²) in [5, 5.41) is 16.8. The second-order valence-electron chi connectivity index (χ2n) is 14.6. The fraction of sp³-hybridized carbons (Fsp3) is 0.436. The molecule has 10 heteroatoms. The fourth-order valence-corrected chi connectivity index (χ4v) is 9.54. The molecule has 2 amide bonds. The van der Waals surface area contributed by atoms with Crippen molar-refractivity contribution in [2.45, 2.75) is 88.7 Å².